The molecule has 0 spiro atoms. The van der Waals surface area contributed by atoms with Crippen molar-refractivity contribution in [1.82, 2.24) is 0 Å². The Balaban J connectivity index is 2.78. The van der Waals surface area contributed by atoms with Crippen LogP contribution in [0.4, 0.5) is 0 Å². The van der Waals surface area contributed by atoms with Crippen molar-refractivity contribution in [2.45, 2.75) is 52.0 Å². The molecule has 3 nitrogen and oxygen atoms in total. The van der Waals surface area contributed by atoms with E-state index in [1.165, 1.54) is 5.56 Å². The summed E-state index contributed by atoms with van der Waals surface area (Å²) in [5, 5.41) is 10.8. The van der Waals surface area contributed by atoms with Crippen molar-refractivity contribution in [3.8, 4) is 0 Å². The lowest BCUT2D eigenvalue weighted by Crippen LogP contribution is -2.21. The molecule has 0 aromatic heterocycles. The summed E-state index contributed by atoms with van der Waals surface area (Å²) in [6.07, 6.45) is 1.10. The highest BCUT2D eigenvalue weighted by Gasteiger charge is 2.18. The van der Waals surface area contributed by atoms with E-state index < -0.39 is 6.04 Å². The van der Waals surface area contributed by atoms with Gasteiger partial charge >= 0.3 is 0 Å². The minimum Gasteiger partial charge on any atom is -0.264 e. The molecule has 0 heterocycles. The maximum atomic E-state index is 10.8. The van der Waals surface area contributed by atoms with Crippen molar-refractivity contribution in [1.29, 1.82) is 0 Å². The van der Waals surface area contributed by atoms with Crippen molar-refractivity contribution in [3.05, 3.63) is 45.5 Å². The van der Waals surface area contributed by atoms with Crippen molar-refractivity contribution in [2.24, 2.45) is 0 Å². The van der Waals surface area contributed by atoms with Crippen LogP contribution in [0.2, 0.25) is 0 Å². The summed E-state index contributed by atoms with van der Waals surface area (Å²) < 4.78 is 0. The van der Waals surface area contributed by atoms with E-state index >= 15 is 0 Å². The van der Waals surface area contributed by atoms with Gasteiger partial charge in [0.25, 0.3) is 0 Å². The predicted molar refractivity (Wildman–Crippen MR) is 69.9 cm³/mol. The van der Waals surface area contributed by atoms with E-state index in [2.05, 4.69) is 32.9 Å². The van der Waals surface area contributed by atoms with Crippen molar-refractivity contribution in [2.75, 3.05) is 0 Å². The van der Waals surface area contributed by atoms with E-state index in [0.717, 1.165) is 5.56 Å². The Morgan fingerprint density at radius 3 is 2.12 bits per heavy atom. The smallest absolute Gasteiger partial charge is 0.216 e. The maximum absolute atomic E-state index is 10.8. The topological polar surface area (TPSA) is 43.1 Å². The Bertz CT molecular complexity index is 376. The fourth-order valence-electron chi connectivity index (χ4n) is 1.78. The molecule has 1 rings (SSSR count). The van der Waals surface area contributed by atoms with E-state index in [-0.39, 0.29) is 10.3 Å². The van der Waals surface area contributed by atoms with E-state index in [0.29, 0.717) is 12.8 Å². The number of benzene rings is 1. The summed E-state index contributed by atoms with van der Waals surface area (Å²) in [5.41, 5.74) is 2.43. The highest BCUT2D eigenvalue weighted by molar-refractivity contribution is 5.27. The molecule has 1 atom stereocenters. The van der Waals surface area contributed by atoms with Gasteiger partial charge in [0.1, 0.15) is 0 Å². The largest absolute Gasteiger partial charge is 0.264 e. The lowest BCUT2D eigenvalue weighted by atomic mass is 9.86. The standard InChI is InChI=1S/C14H21NO2/c1-5-13(15(16)17)10-11-6-8-12(9-7-11)14(2,3)4/h6-9,13H,5,10H2,1-4H3. The van der Waals surface area contributed by atoms with Crippen molar-refractivity contribution < 1.29 is 4.92 Å². The molecule has 1 unspecified atom stereocenters. The minimum absolute atomic E-state index is 0.131. The Kier molecular flexibility index (Phi) is 4.27. The van der Waals surface area contributed by atoms with Crippen LogP contribution in [0.3, 0.4) is 0 Å². The first kappa shape index (κ1) is 13.7. The minimum atomic E-state index is -0.463. The third kappa shape index (κ3) is 3.84. The number of hydrogen-bond donors (Lipinski definition) is 0. The highest BCUT2D eigenvalue weighted by Crippen LogP contribution is 2.22. The third-order valence-electron chi connectivity index (χ3n) is 3.06. The predicted octanol–water partition coefficient (Wildman–Crippen LogP) is 3.58. The van der Waals surface area contributed by atoms with Gasteiger partial charge in [0.2, 0.25) is 6.04 Å². The van der Waals surface area contributed by atoms with Gasteiger partial charge in [-0.3, -0.25) is 10.1 Å². The molecule has 1 aromatic rings. The van der Waals surface area contributed by atoms with Gasteiger partial charge in [0, 0.05) is 17.8 Å². The molecular formula is C14H21NO2. The Morgan fingerprint density at radius 1 is 1.24 bits per heavy atom. The zero-order chi connectivity index (χ0) is 13.1. The van der Waals surface area contributed by atoms with Crippen LogP contribution in [0.15, 0.2) is 24.3 Å². The zero-order valence-electron chi connectivity index (χ0n) is 11.1. The molecule has 3 heteroatoms. The lowest BCUT2D eigenvalue weighted by molar-refractivity contribution is -0.522. The molecular weight excluding hydrogens is 214 g/mol. The molecule has 94 valence electrons. The lowest BCUT2D eigenvalue weighted by Gasteiger charge is -2.19. The molecule has 0 aliphatic rings. The number of nitro groups is 1. The van der Waals surface area contributed by atoms with Crippen LogP contribution in [0.1, 0.15) is 45.2 Å². The van der Waals surface area contributed by atoms with Gasteiger partial charge in [-0.15, -0.1) is 0 Å². The molecule has 0 saturated heterocycles. The van der Waals surface area contributed by atoms with Crippen LogP contribution in [0.25, 0.3) is 0 Å². The van der Waals surface area contributed by atoms with Gasteiger partial charge in [-0.2, -0.15) is 0 Å². The van der Waals surface area contributed by atoms with Crippen LogP contribution in [-0.4, -0.2) is 11.0 Å². The average Bonchev–Trinajstić information content (AvgIpc) is 2.25. The Morgan fingerprint density at radius 2 is 1.76 bits per heavy atom. The number of rotatable bonds is 4. The van der Waals surface area contributed by atoms with Gasteiger partial charge in [0.15, 0.2) is 0 Å². The second-order valence-corrected chi connectivity index (χ2v) is 5.50. The van der Waals surface area contributed by atoms with E-state index in [4.69, 9.17) is 0 Å². The third-order valence-corrected chi connectivity index (χ3v) is 3.06. The van der Waals surface area contributed by atoms with Gasteiger partial charge in [-0.25, -0.2) is 0 Å². The Hall–Kier alpha value is -1.38. The molecule has 17 heavy (non-hydrogen) atoms. The fourth-order valence-corrected chi connectivity index (χ4v) is 1.78. The Labute approximate surface area is 103 Å². The molecule has 0 N–H and O–H groups in total. The first-order valence-corrected chi connectivity index (χ1v) is 6.07. The first-order valence-electron chi connectivity index (χ1n) is 6.07. The van der Waals surface area contributed by atoms with Crippen LogP contribution in [0.5, 0.6) is 0 Å². The van der Waals surface area contributed by atoms with Crippen LogP contribution in [0, 0.1) is 10.1 Å². The van der Waals surface area contributed by atoms with Gasteiger partial charge in [-0.1, -0.05) is 52.0 Å². The van der Waals surface area contributed by atoms with E-state index in [1.807, 2.05) is 19.1 Å². The van der Waals surface area contributed by atoms with Crippen molar-refractivity contribution in [3.63, 3.8) is 0 Å². The molecule has 0 bridgehead atoms. The van der Waals surface area contributed by atoms with E-state index in [1.54, 1.807) is 0 Å². The van der Waals surface area contributed by atoms with Gasteiger partial charge < -0.3 is 0 Å². The summed E-state index contributed by atoms with van der Waals surface area (Å²) in [6, 6.07) is 7.69. The monoisotopic (exact) mass is 235 g/mol. The normalized spacial score (nSPS) is 13.4. The average molecular weight is 235 g/mol. The van der Waals surface area contributed by atoms with Crippen LogP contribution >= 0.6 is 0 Å². The fraction of sp³-hybridized carbons (Fsp3) is 0.571. The number of nitrogens with zero attached hydrogens (tertiary/aromatic N) is 1. The second-order valence-electron chi connectivity index (χ2n) is 5.50. The SMILES string of the molecule is CCC(Cc1ccc(C(C)(C)C)cc1)[N+](=O)[O-]. The number of hydrogen-bond acceptors (Lipinski definition) is 2. The molecule has 0 saturated carbocycles. The highest BCUT2D eigenvalue weighted by atomic mass is 16.6. The molecule has 0 aliphatic carbocycles. The molecule has 0 aliphatic heterocycles. The molecule has 0 amide bonds. The summed E-state index contributed by atoms with van der Waals surface area (Å²) in [6.45, 7) is 8.34. The quantitative estimate of drug-likeness (QED) is 0.591. The van der Waals surface area contributed by atoms with Crippen LogP contribution < -0.4 is 0 Å². The molecule has 0 fully saturated rings. The molecule has 0 radical (unpaired) electrons. The van der Waals surface area contributed by atoms with Crippen molar-refractivity contribution >= 4 is 0 Å². The van der Waals surface area contributed by atoms with E-state index in [9.17, 15) is 10.1 Å². The summed E-state index contributed by atoms with van der Waals surface area (Å²) in [7, 11) is 0. The second kappa shape index (κ2) is 5.30. The summed E-state index contributed by atoms with van der Waals surface area (Å²) in [5.74, 6) is 0. The zero-order valence-corrected chi connectivity index (χ0v) is 11.1. The maximum Gasteiger partial charge on any atom is 0.216 e. The van der Waals surface area contributed by atoms with Crippen LogP contribution in [-0.2, 0) is 11.8 Å². The van der Waals surface area contributed by atoms with Gasteiger partial charge in [0.05, 0.1) is 0 Å². The molecule has 1 aromatic carbocycles. The summed E-state index contributed by atoms with van der Waals surface area (Å²) >= 11 is 0. The first-order chi connectivity index (χ1) is 7.84. The summed E-state index contributed by atoms with van der Waals surface area (Å²) in [4.78, 5) is 10.6. The van der Waals surface area contributed by atoms with Gasteiger partial charge in [-0.05, 0) is 16.5 Å².